The summed E-state index contributed by atoms with van der Waals surface area (Å²) in [5, 5.41) is 7.41. The molecule has 2 aromatic rings. The predicted molar refractivity (Wildman–Crippen MR) is 58.3 cm³/mol. The first-order valence-electron chi connectivity index (χ1n) is 4.75. The fourth-order valence-corrected chi connectivity index (χ4v) is 2.04. The average molecular weight is 238 g/mol. The van der Waals surface area contributed by atoms with E-state index in [-0.39, 0.29) is 5.89 Å². The molecule has 16 heavy (non-hydrogen) atoms. The number of nitrogens with zero attached hydrogens (tertiary/aromatic N) is 2. The van der Waals surface area contributed by atoms with Gasteiger partial charge in [0.1, 0.15) is 0 Å². The number of carbonyl (C=O) groups is 1. The lowest BCUT2D eigenvalue weighted by Gasteiger charge is -1.89. The number of carbonyl (C=O) groups excluding carboxylic acids is 1. The molecule has 6 heteroatoms. The highest BCUT2D eigenvalue weighted by Gasteiger charge is 2.16. The van der Waals surface area contributed by atoms with Crippen LogP contribution in [0.15, 0.2) is 16.5 Å². The lowest BCUT2D eigenvalue weighted by atomic mass is 10.4. The molecule has 0 unspecified atom stereocenters. The number of esters is 1. The van der Waals surface area contributed by atoms with Crippen LogP contribution >= 0.6 is 11.3 Å². The summed E-state index contributed by atoms with van der Waals surface area (Å²) < 4.78 is 9.67. The zero-order valence-electron chi connectivity index (χ0n) is 8.89. The molecule has 0 spiro atoms. The van der Waals surface area contributed by atoms with E-state index in [1.54, 1.807) is 11.3 Å². The molecule has 0 N–H and O–H groups in total. The summed E-state index contributed by atoms with van der Waals surface area (Å²) in [6, 6.07) is 3.90. The predicted octanol–water partition coefficient (Wildman–Crippen LogP) is 2.15. The van der Waals surface area contributed by atoms with Crippen LogP contribution in [-0.4, -0.2) is 23.3 Å². The van der Waals surface area contributed by atoms with E-state index in [0.717, 1.165) is 11.3 Å². The van der Waals surface area contributed by atoms with Crippen LogP contribution in [0.3, 0.4) is 0 Å². The van der Waals surface area contributed by atoms with Crippen LogP contribution in [-0.2, 0) is 11.2 Å². The van der Waals surface area contributed by atoms with Crippen molar-refractivity contribution in [2.75, 3.05) is 7.11 Å². The third-order valence-electron chi connectivity index (χ3n) is 2.01. The Labute approximate surface area is 96.1 Å². The Kier molecular flexibility index (Phi) is 3.00. The van der Waals surface area contributed by atoms with Crippen molar-refractivity contribution in [2.45, 2.75) is 13.3 Å². The van der Waals surface area contributed by atoms with E-state index in [2.05, 4.69) is 21.9 Å². The maximum absolute atomic E-state index is 11.1. The van der Waals surface area contributed by atoms with Gasteiger partial charge >= 0.3 is 11.9 Å². The normalized spacial score (nSPS) is 10.4. The Morgan fingerprint density at radius 1 is 1.50 bits per heavy atom. The Morgan fingerprint density at radius 3 is 2.94 bits per heavy atom. The van der Waals surface area contributed by atoms with Crippen LogP contribution in [0, 0.1) is 0 Å². The molecular weight excluding hydrogens is 228 g/mol. The van der Waals surface area contributed by atoms with Crippen LogP contribution in [0.1, 0.15) is 22.5 Å². The molecule has 0 amide bonds. The van der Waals surface area contributed by atoms with Crippen LogP contribution in [0.25, 0.3) is 10.8 Å². The molecule has 0 fully saturated rings. The fraction of sp³-hybridized carbons (Fsp3) is 0.300. The molecule has 0 saturated carbocycles. The third kappa shape index (κ3) is 1.96. The zero-order chi connectivity index (χ0) is 11.5. The van der Waals surface area contributed by atoms with Gasteiger partial charge in [-0.1, -0.05) is 6.92 Å². The van der Waals surface area contributed by atoms with Gasteiger partial charge in [-0.05, 0) is 18.6 Å². The summed E-state index contributed by atoms with van der Waals surface area (Å²) in [6.07, 6.45) is 0.961. The third-order valence-corrected chi connectivity index (χ3v) is 3.22. The first-order chi connectivity index (χ1) is 7.74. The lowest BCUT2D eigenvalue weighted by Crippen LogP contribution is -2.00. The monoisotopic (exact) mass is 238 g/mol. The number of hydrogen-bond acceptors (Lipinski definition) is 6. The van der Waals surface area contributed by atoms with Crippen LogP contribution in [0.5, 0.6) is 0 Å². The summed E-state index contributed by atoms with van der Waals surface area (Å²) in [4.78, 5) is 13.2. The number of methoxy groups -OCH3 is 1. The van der Waals surface area contributed by atoms with E-state index >= 15 is 0 Å². The quantitative estimate of drug-likeness (QED) is 0.766. The molecule has 2 aromatic heterocycles. The molecular formula is C10H10N2O3S. The van der Waals surface area contributed by atoms with Gasteiger partial charge in [0.25, 0.3) is 5.89 Å². The van der Waals surface area contributed by atoms with Gasteiger partial charge in [0.05, 0.1) is 12.0 Å². The standard InChI is InChI=1S/C10H10N2O3S/c1-3-6-4-5-7(16-6)8-11-12-9(15-8)10(13)14-2/h4-5H,3H2,1-2H3. The van der Waals surface area contributed by atoms with Crippen molar-refractivity contribution >= 4 is 17.3 Å². The van der Waals surface area contributed by atoms with Crippen molar-refractivity contribution in [1.82, 2.24) is 10.2 Å². The summed E-state index contributed by atoms with van der Waals surface area (Å²) >= 11 is 1.57. The maximum Gasteiger partial charge on any atom is 0.396 e. The molecule has 0 radical (unpaired) electrons. The second-order valence-electron chi connectivity index (χ2n) is 3.02. The van der Waals surface area contributed by atoms with E-state index < -0.39 is 5.97 Å². The van der Waals surface area contributed by atoms with Crippen LogP contribution < -0.4 is 0 Å². The largest absolute Gasteiger partial charge is 0.462 e. The minimum absolute atomic E-state index is 0.121. The second-order valence-corrected chi connectivity index (χ2v) is 4.19. The first kappa shape index (κ1) is 10.8. The molecule has 5 nitrogen and oxygen atoms in total. The topological polar surface area (TPSA) is 65.2 Å². The highest BCUT2D eigenvalue weighted by Crippen LogP contribution is 2.27. The summed E-state index contributed by atoms with van der Waals surface area (Å²) in [5.74, 6) is -0.389. The SMILES string of the molecule is CCc1ccc(-c2nnc(C(=O)OC)o2)s1. The van der Waals surface area contributed by atoms with Gasteiger partial charge in [0.15, 0.2) is 0 Å². The number of aryl methyl sites for hydroxylation is 1. The highest BCUT2D eigenvalue weighted by atomic mass is 32.1. The second kappa shape index (κ2) is 4.44. The van der Waals surface area contributed by atoms with Crippen LogP contribution in [0.4, 0.5) is 0 Å². The smallest absolute Gasteiger partial charge is 0.396 e. The summed E-state index contributed by atoms with van der Waals surface area (Å²) in [6.45, 7) is 2.07. The molecule has 2 rings (SSSR count). The molecule has 0 saturated heterocycles. The number of rotatable bonds is 3. The minimum atomic E-state index is -0.619. The molecule has 0 bridgehead atoms. The number of thiophene rings is 1. The molecule has 0 aliphatic heterocycles. The number of aromatic nitrogens is 2. The Morgan fingerprint density at radius 2 is 2.31 bits per heavy atom. The number of ether oxygens (including phenoxy) is 1. The van der Waals surface area contributed by atoms with Gasteiger partial charge in [-0.2, -0.15) is 0 Å². The zero-order valence-corrected chi connectivity index (χ0v) is 9.71. The van der Waals surface area contributed by atoms with Crippen molar-refractivity contribution in [3.05, 3.63) is 22.9 Å². The Hall–Kier alpha value is -1.69. The first-order valence-corrected chi connectivity index (χ1v) is 5.57. The van der Waals surface area contributed by atoms with E-state index in [1.807, 2.05) is 12.1 Å². The van der Waals surface area contributed by atoms with Gasteiger partial charge in [-0.25, -0.2) is 4.79 Å². The fourth-order valence-electron chi connectivity index (χ4n) is 1.18. The van der Waals surface area contributed by atoms with Gasteiger partial charge in [-0.15, -0.1) is 21.5 Å². The maximum atomic E-state index is 11.1. The molecule has 2 heterocycles. The average Bonchev–Trinajstić information content (AvgIpc) is 2.95. The molecule has 0 aliphatic carbocycles. The van der Waals surface area contributed by atoms with Gasteiger partial charge in [-0.3, -0.25) is 0 Å². The summed E-state index contributed by atoms with van der Waals surface area (Å²) in [7, 11) is 1.27. The van der Waals surface area contributed by atoms with E-state index in [1.165, 1.54) is 12.0 Å². The van der Waals surface area contributed by atoms with E-state index in [4.69, 9.17) is 4.42 Å². The van der Waals surface area contributed by atoms with Crippen molar-refractivity contribution in [1.29, 1.82) is 0 Å². The Bertz CT molecular complexity index is 504. The van der Waals surface area contributed by atoms with Crippen molar-refractivity contribution in [3.63, 3.8) is 0 Å². The molecule has 0 aromatic carbocycles. The van der Waals surface area contributed by atoms with Crippen molar-refractivity contribution in [2.24, 2.45) is 0 Å². The molecule has 84 valence electrons. The highest BCUT2D eigenvalue weighted by molar-refractivity contribution is 7.15. The van der Waals surface area contributed by atoms with Gasteiger partial charge in [0, 0.05) is 4.88 Å². The molecule has 0 atom stereocenters. The van der Waals surface area contributed by atoms with E-state index in [9.17, 15) is 4.79 Å². The molecule has 0 aliphatic rings. The Balaban J connectivity index is 2.27. The van der Waals surface area contributed by atoms with Crippen molar-refractivity contribution in [3.8, 4) is 10.8 Å². The minimum Gasteiger partial charge on any atom is -0.462 e. The lowest BCUT2D eigenvalue weighted by molar-refractivity contribution is 0.0557. The summed E-state index contributed by atoms with van der Waals surface area (Å²) in [5.41, 5.74) is 0. The van der Waals surface area contributed by atoms with Gasteiger partial charge < -0.3 is 9.15 Å². The number of hydrogen-bond donors (Lipinski definition) is 0. The van der Waals surface area contributed by atoms with Gasteiger partial charge in [0.2, 0.25) is 0 Å². The van der Waals surface area contributed by atoms with Crippen LogP contribution in [0.2, 0.25) is 0 Å². The van der Waals surface area contributed by atoms with E-state index in [0.29, 0.717) is 5.89 Å². The van der Waals surface area contributed by atoms with Crippen molar-refractivity contribution < 1.29 is 13.9 Å².